The van der Waals surface area contributed by atoms with Gasteiger partial charge >= 0.3 is 0 Å². The average Bonchev–Trinajstić information content (AvgIpc) is 3.87. The second-order valence-corrected chi connectivity index (χ2v) is 14.9. The quantitative estimate of drug-likeness (QED) is 0.178. The maximum atomic E-state index is 15.2. The van der Waals surface area contributed by atoms with Crippen molar-refractivity contribution in [2.45, 2.75) is 51.4 Å². The van der Waals surface area contributed by atoms with Crippen LogP contribution in [0.5, 0.6) is 23.0 Å². The van der Waals surface area contributed by atoms with Crippen LogP contribution in [-0.2, 0) is 37.2 Å². The van der Waals surface area contributed by atoms with Crippen molar-refractivity contribution in [1.82, 2.24) is 14.4 Å². The van der Waals surface area contributed by atoms with Gasteiger partial charge in [0.1, 0.15) is 11.5 Å². The molecule has 288 valence electrons. The number of ether oxygens (including phenoxy) is 4. The average molecular weight is 755 g/mol. The lowest BCUT2D eigenvalue weighted by atomic mass is 9.92. The van der Waals surface area contributed by atoms with Crippen molar-refractivity contribution in [3.05, 3.63) is 125 Å². The highest BCUT2D eigenvalue weighted by Crippen LogP contribution is 2.42. The molecule has 1 N–H and O–H groups in total. The first-order chi connectivity index (χ1) is 27.4. The number of carbonyl (C=O) groups excluding carboxylic acids is 2. The minimum atomic E-state index is -0.176. The van der Waals surface area contributed by atoms with E-state index in [9.17, 15) is 5.11 Å². The Morgan fingerprint density at radius 3 is 2.41 bits per heavy atom. The summed E-state index contributed by atoms with van der Waals surface area (Å²) in [5.41, 5.74) is 7.48. The maximum absolute atomic E-state index is 15.2. The molecule has 0 radical (unpaired) electrons. The molecule has 1 fully saturated rings. The molecule has 56 heavy (non-hydrogen) atoms. The fourth-order valence-corrected chi connectivity index (χ4v) is 8.70. The number of hydrogen-bond donors (Lipinski definition) is 1. The van der Waals surface area contributed by atoms with E-state index in [4.69, 9.17) is 18.9 Å². The molecule has 5 heterocycles. The van der Waals surface area contributed by atoms with E-state index in [0.717, 1.165) is 67.8 Å². The van der Waals surface area contributed by atoms with Gasteiger partial charge in [-0.3, -0.25) is 14.5 Å². The number of amides is 2. The minimum Gasteiger partial charge on any atom is -0.508 e. The molecule has 5 aromatic rings. The minimum absolute atomic E-state index is 0.0408. The van der Waals surface area contributed by atoms with Gasteiger partial charge in [0, 0.05) is 67.0 Å². The van der Waals surface area contributed by atoms with Gasteiger partial charge in [0.2, 0.25) is 6.79 Å². The van der Waals surface area contributed by atoms with Gasteiger partial charge in [0.05, 0.1) is 38.0 Å². The number of para-hydroxylation sites is 1. The van der Waals surface area contributed by atoms with Gasteiger partial charge in [-0.05, 0) is 85.3 Å². The Balaban J connectivity index is 1.14. The maximum Gasteiger partial charge on any atom is 0.260 e. The van der Waals surface area contributed by atoms with Crippen molar-refractivity contribution >= 4 is 17.5 Å². The van der Waals surface area contributed by atoms with E-state index >= 15 is 9.59 Å². The van der Waals surface area contributed by atoms with Crippen molar-refractivity contribution in [3.8, 4) is 34.3 Å². The van der Waals surface area contributed by atoms with E-state index < -0.39 is 0 Å². The summed E-state index contributed by atoms with van der Waals surface area (Å²) in [4.78, 5) is 36.4. The molecule has 4 aromatic carbocycles. The molecule has 2 amide bonds. The molecule has 0 aliphatic carbocycles. The first kappa shape index (κ1) is 35.9. The molecule has 0 bridgehead atoms. The van der Waals surface area contributed by atoms with Crippen LogP contribution in [0.15, 0.2) is 91.0 Å². The lowest BCUT2D eigenvalue weighted by Gasteiger charge is -2.40. The number of morpholine rings is 1. The van der Waals surface area contributed by atoms with E-state index in [2.05, 4.69) is 27.7 Å². The molecule has 0 saturated carbocycles. The van der Waals surface area contributed by atoms with Crippen molar-refractivity contribution in [3.63, 3.8) is 0 Å². The van der Waals surface area contributed by atoms with Gasteiger partial charge in [0.15, 0.2) is 11.5 Å². The summed E-state index contributed by atoms with van der Waals surface area (Å²) in [5, 5.41) is 10.1. The molecule has 9 rings (SSSR count). The smallest absolute Gasteiger partial charge is 0.260 e. The lowest BCUT2D eigenvalue weighted by molar-refractivity contribution is 0.0193. The normalized spacial score (nSPS) is 17.6. The van der Waals surface area contributed by atoms with Gasteiger partial charge in [-0.15, -0.1) is 0 Å². The van der Waals surface area contributed by atoms with Gasteiger partial charge < -0.3 is 38.4 Å². The van der Waals surface area contributed by atoms with E-state index in [-0.39, 0.29) is 36.9 Å². The highest BCUT2D eigenvalue weighted by Gasteiger charge is 2.36. The molecule has 1 saturated heterocycles. The Hall–Kier alpha value is -5.78. The first-order valence-electron chi connectivity index (χ1n) is 19.5. The van der Waals surface area contributed by atoms with Crippen LogP contribution >= 0.6 is 0 Å². The number of hydrogen-bond acceptors (Lipinski definition) is 8. The molecule has 4 aliphatic rings. The summed E-state index contributed by atoms with van der Waals surface area (Å²) in [6.07, 6.45) is 3.37. The van der Waals surface area contributed by atoms with Gasteiger partial charge in [0.25, 0.3) is 11.8 Å². The predicted molar refractivity (Wildman–Crippen MR) is 212 cm³/mol. The van der Waals surface area contributed by atoms with Gasteiger partial charge in [-0.1, -0.05) is 42.5 Å². The van der Waals surface area contributed by atoms with E-state index in [1.54, 1.807) is 36.3 Å². The second kappa shape index (κ2) is 15.4. The number of carbonyl (C=O) groups is 2. The Morgan fingerprint density at radius 1 is 0.857 bits per heavy atom. The third-order valence-electron chi connectivity index (χ3n) is 11.6. The van der Waals surface area contributed by atoms with Crippen LogP contribution in [0.2, 0.25) is 0 Å². The Bertz CT molecular complexity index is 2260. The van der Waals surface area contributed by atoms with Crippen molar-refractivity contribution < 1.29 is 33.6 Å². The third kappa shape index (κ3) is 6.86. The molecule has 11 heteroatoms. The number of phenolic OH excluding ortho intramolecular Hbond substituents is 1. The Kier molecular flexibility index (Phi) is 9.87. The monoisotopic (exact) mass is 754 g/mol. The second-order valence-electron chi connectivity index (χ2n) is 14.9. The van der Waals surface area contributed by atoms with Crippen LogP contribution in [0.1, 0.15) is 55.9 Å². The summed E-state index contributed by atoms with van der Waals surface area (Å²) >= 11 is 0. The van der Waals surface area contributed by atoms with E-state index in [1.165, 1.54) is 5.56 Å². The fourth-order valence-electron chi connectivity index (χ4n) is 8.70. The SMILES string of the molecule is COc1ccccc1CN(C(=O)c1cc(-c2cc3c(cc2C(=O)N2Cc4ccccc4CC2CN2CCOCC2)OCO3)n2c1CCCC2)c1ccc(O)cc1. The van der Waals surface area contributed by atoms with Crippen molar-refractivity contribution in [1.29, 1.82) is 0 Å². The largest absolute Gasteiger partial charge is 0.508 e. The molecule has 1 unspecified atom stereocenters. The Morgan fingerprint density at radius 2 is 1.61 bits per heavy atom. The molecular weight excluding hydrogens is 709 g/mol. The number of anilines is 1. The number of phenols is 1. The number of nitrogens with zero attached hydrogens (tertiary/aromatic N) is 4. The molecular formula is C45H46N4O7. The third-order valence-corrected chi connectivity index (χ3v) is 11.6. The van der Waals surface area contributed by atoms with Crippen LogP contribution in [0.25, 0.3) is 11.3 Å². The van der Waals surface area contributed by atoms with Crippen LogP contribution in [0, 0.1) is 0 Å². The number of methoxy groups -OCH3 is 1. The van der Waals surface area contributed by atoms with Crippen LogP contribution in [0.4, 0.5) is 5.69 Å². The summed E-state index contributed by atoms with van der Waals surface area (Å²) in [6, 6.07) is 28.5. The highest BCUT2D eigenvalue weighted by molar-refractivity contribution is 6.09. The molecule has 11 nitrogen and oxygen atoms in total. The highest BCUT2D eigenvalue weighted by atomic mass is 16.7. The van der Waals surface area contributed by atoms with Crippen LogP contribution in [0.3, 0.4) is 0 Å². The van der Waals surface area contributed by atoms with Gasteiger partial charge in [-0.2, -0.15) is 0 Å². The lowest BCUT2D eigenvalue weighted by Crippen LogP contribution is -2.52. The molecule has 4 aliphatic heterocycles. The fraction of sp³-hybridized carbons (Fsp3) is 0.333. The molecule has 1 aromatic heterocycles. The van der Waals surface area contributed by atoms with E-state index in [0.29, 0.717) is 65.9 Å². The van der Waals surface area contributed by atoms with Crippen molar-refractivity contribution in [2.24, 2.45) is 0 Å². The number of aromatic nitrogens is 1. The molecule has 0 spiro atoms. The summed E-state index contributed by atoms with van der Waals surface area (Å²) in [5.74, 6) is 1.66. The molecule has 1 atom stereocenters. The van der Waals surface area contributed by atoms with Crippen molar-refractivity contribution in [2.75, 3.05) is 51.7 Å². The standard InChI is InChI=1S/C45H46N4O7/c1-53-41-12-5-4-10-32(41)27-48(33-13-15-35(50)16-14-33)45(52)38-23-40(47-17-7-6-11-39(38)47)36-24-42-43(56-29-55-42)25-37(36)44(51)49-26-31-9-3-2-8-30(31)22-34(49)28-46-18-20-54-21-19-46/h2-5,8-10,12-16,23-25,34,50H,6-7,11,17-22,26-29H2,1H3. The van der Waals surface area contributed by atoms with Crippen LogP contribution < -0.4 is 19.1 Å². The zero-order chi connectivity index (χ0) is 38.2. The van der Waals surface area contributed by atoms with E-state index in [1.807, 2.05) is 53.4 Å². The number of aromatic hydroxyl groups is 1. The van der Waals surface area contributed by atoms with Gasteiger partial charge in [-0.25, -0.2) is 0 Å². The zero-order valence-electron chi connectivity index (χ0n) is 31.6. The first-order valence-corrected chi connectivity index (χ1v) is 19.5. The number of benzene rings is 4. The Labute approximate surface area is 326 Å². The summed E-state index contributed by atoms with van der Waals surface area (Å²) in [6.45, 7) is 5.33. The summed E-state index contributed by atoms with van der Waals surface area (Å²) in [7, 11) is 1.62. The van der Waals surface area contributed by atoms with Crippen LogP contribution in [-0.4, -0.2) is 84.1 Å². The topological polar surface area (TPSA) is 106 Å². The number of rotatable bonds is 9. The summed E-state index contributed by atoms with van der Waals surface area (Å²) < 4.78 is 25.4. The predicted octanol–water partition coefficient (Wildman–Crippen LogP) is 6.68. The number of fused-ring (bicyclic) bond motifs is 3. The zero-order valence-corrected chi connectivity index (χ0v) is 31.6.